The first-order chi connectivity index (χ1) is 8.27. The Hall–Kier alpha value is -0.900. The molecule has 1 heterocycles. The highest BCUT2D eigenvalue weighted by Gasteiger charge is 2.38. The van der Waals surface area contributed by atoms with Crippen LogP contribution < -0.4 is 5.32 Å². The molecule has 0 aromatic heterocycles. The number of benzene rings is 1. The standard InChI is InChI=1S/C14H21NO2/c1-14(12-7-4-3-5-8-12)13(17-11-16-2)9-6-10-15-14/h3-5,7-8,13,15H,6,9-11H2,1-2H3/t13-,14-/m1/s1. The van der Waals surface area contributed by atoms with Crippen molar-refractivity contribution in [1.29, 1.82) is 0 Å². The van der Waals surface area contributed by atoms with Crippen LogP contribution in [0.3, 0.4) is 0 Å². The third-order valence-corrected chi connectivity index (χ3v) is 3.54. The molecule has 1 fully saturated rings. The summed E-state index contributed by atoms with van der Waals surface area (Å²) in [5.41, 5.74) is 1.17. The Balaban J connectivity index is 2.19. The minimum absolute atomic E-state index is 0.113. The average Bonchev–Trinajstić information content (AvgIpc) is 2.39. The lowest BCUT2D eigenvalue weighted by Crippen LogP contribution is -2.54. The van der Waals surface area contributed by atoms with E-state index >= 15 is 0 Å². The Labute approximate surface area is 103 Å². The highest BCUT2D eigenvalue weighted by Crippen LogP contribution is 2.32. The molecule has 0 radical (unpaired) electrons. The molecule has 0 saturated carbocycles. The van der Waals surface area contributed by atoms with E-state index < -0.39 is 0 Å². The molecule has 0 spiro atoms. The molecule has 1 aromatic carbocycles. The molecule has 1 saturated heterocycles. The molecule has 0 amide bonds. The summed E-state index contributed by atoms with van der Waals surface area (Å²) in [6.07, 6.45) is 2.39. The van der Waals surface area contributed by atoms with Crippen molar-refractivity contribution in [3.05, 3.63) is 35.9 Å². The maximum atomic E-state index is 5.82. The smallest absolute Gasteiger partial charge is 0.146 e. The van der Waals surface area contributed by atoms with Crippen molar-refractivity contribution in [2.45, 2.75) is 31.4 Å². The van der Waals surface area contributed by atoms with Crippen LogP contribution in [0, 0.1) is 0 Å². The molecule has 3 heteroatoms. The van der Waals surface area contributed by atoms with E-state index in [9.17, 15) is 0 Å². The molecule has 17 heavy (non-hydrogen) atoms. The van der Waals surface area contributed by atoms with Gasteiger partial charge in [0.2, 0.25) is 0 Å². The van der Waals surface area contributed by atoms with E-state index in [-0.39, 0.29) is 11.6 Å². The second-order valence-electron chi connectivity index (χ2n) is 4.70. The van der Waals surface area contributed by atoms with Crippen LogP contribution >= 0.6 is 0 Å². The van der Waals surface area contributed by atoms with E-state index in [1.54, 1.807) is 7.11 Å². The Bertz CT molecular complexity index is 341. The molecule has 1 aromatic rings. The van der Waals surface area contributed by atoms with Crippen LogP contribution in [-0.2, 0) is 15.0 Å². The molecule has 1 N–H and O–H groups in total. The van der Waals surface area contributed by atoms with Crippen molar-refractivity contribution >= 4 is 0 Å². The first-order valence-corrected chi connectivity index (χ1v) is 6.18. The second-order valence-corrected chi connectivity index (χ2v) is 4.70. The lowest BCUT2D eigenvalue weighted by Gasteiger charge is -2.42. The number of ether oxygens (including phenoxy) is 2. The minimum Gasteiger partial charge on any atom is -0.359 e. The number of methoxy groups -OCH3 is 1. The maximum Gasteiger partial charge on any atom is 0.146 e. The van der Waals surface area contributed by atoms with Gasteiger partial charge < -0.3 is 14.8 Å². The zero-order valence-corrected chi connectivity index (χ0v) is 10.6. The van der Waals surface area contributed by atoms with Gasteiger partial charge in [-0.1, -0.05) is 30.3 Å². The van der Waals surface area contributed by atoms with Crippen LogP contribution in [0.5, 0.6) is 0 Å². The summed E-state index contributed by atoms with van der Waals surface area (Å²) in [6, 6.07) is 10.5. The van der Waals surface area contributed by atoms with Gasteiger partial charge in [-0.25, -0.2) is 0 Å². The van der Waals surface area contributed by atoms with Gasteiger partial charge in [-0.15, -0.1) is 0 Å². The zero-order valence-electron chi connectivity index (χ0n) is 10.6. The van der Waals surface area contributed by atoms with E-state index in [4.69, 9.17) is 9.47 Å². The SMILES string of the molecule is COCO[C@@H]1CCCN[C@]1(C)c1ccccc1. The number of rotatable bonds is 4. The number of hydrogen-bond acceptors (Lipinski definition) is 3. The zero-order chi connectivity index (χ0) is 12.1. The van der Waals surface area contributed by atoms with Gasteiger partial charge in [0, 0.05) is 7.11 Å². The quantitative estimate of drug-likeness (QED) is 0.812. The number of piperidine rings is 1. The molecular weight excluding hydrogens is 214 g/mol. The highest BCUT2D eigenvalue weighted by molar-refractivity contribution is 5.26. The lowest BCUT2D eigenvalue weighted by atomic mass is 9.81. The first-order valence-electron chi connectivity index (χ1n) is 6.18. The first kappa shape index (κ1) is 12.6. The van der Waals surface area contributed by atoms with Crippen molar-refractivity contribution in [2.75, 3.05) is 20.4 Å². The van der Waals surface area contributed by atoms with Gasteiger partial charge in [0.15, 0.2) is 0 Å². The van der Waals surface area contributed by atoms with Crippen molar-refractivity contribution in [3.8, 4) is 0 Å². The van der Waals surface area contributed by atoms with Gasteiger partial charge in [0.25, 0.3) is 0 Å². The van der Waals surface area contributed by atoms with Gasteiger partial charge in [-0.3, -0.25) is 0 Å². The van der Waals surface area contributed by atoms with E-state index in [0.29, 0.717) is 6.79 Å². The largest absolute Gasteiger partial charge is 0.359 e. The van der Waals surface area contributed by atoms with Crippen molar-refractivity contribution in [2.24, 2.45) is 0 Å². The van der Waals surface area contributed by atoms with Crippen molar-refractivity contribution < 1.29 is 9.47 Å². The minimum atomic E-state index is -0.113. The molecular formula is C14H21NO2. The molecule has 2 atom stereocenters. The summed E-state index contributed by atoms with van der Waals surface area (Å²) in [4.78, 5) is 0. The average molecular weight is 235 g/mol. The van der Waals surface area contributed by atoms with Gasteiger partial charge in [-0.2, -0.15) is 0 Å². The fourth-order valence-electron chi connectivity index (χ4n) is 2.51. The summed E-state index contributed by atoms with van der Waals surface area (Å²) >= 11 is 0. The highest BCUT2D eigenvalue weighted by atomic mass is 16.7. The summed E-state index contributed by atoms with van der Waals surface area (Å²) < 4.78 is 10.8. The monoisotopic (exact) mass is 235 g/mol. The van der Waals surface area contributed by atoms with E-state index in [2.05, 4.69) is 36.5 Å². The van der Waals surface area contributed by atoms with Crippen LogP contribution in [0.4, 0.5) is 0 Å². The summed E-state index contributed by atoms with van der Waals surface area (Å²) in [6.45, 7) is 3.61. The number of hydrogen-bond donors (Lipinski definition) is 1. The van der Waals surface area contributed by atoms with E-state index in [1.165, 1.54) is 5.56 Å². The van der Waals surface area contributed by atoms with Crippen LogP contribution in [0.2, 0.25) is 0 Å². The number of nitrogens with one attached hydrogen (secondary N) is 1. The van der Waals surface area contributed by atoms with Crippen LogP contribution in [0.15, 0.2) is 30.3 Å². The Morgan fingerprint density at radius 3 is 2.82 bits per heavy atom. The Kier molecular flexibility index (Phi) is 4.15. The van der Waals surface area contributed by atoms with Gasteiger partial charge in [-0.05, 0) is 31.9 Å². The molecule has 1 aliphatic heterocycles. The van der Waals surface area contributed by atoms with Crippen LogP contribution in [0.1, 0.15) is 25.3 Å². The fraction of sp³-hybridized carbons (Fsp3) is 0.571. The van der Waals surface area contributed by atoms with Gasteiger partial charge >= 0.3 is 0 Å². The van der Waals surface area contributed by atoms with Crippen molar-refractivity contribution in [1.82, 2.24) is 5.32 Å². The third-order valence-electron chi connectivity index (χ3n) is 3.54. The van der Waals surface area contributed by atoms with Crippen LogP contribution in [-0.4, -0.2) is 26.6 Å². The molecule has 2 rings (SSSR count). The van der Waals surface area contributed by atoms with Gasteiger partial charge in [0.1, 0.15) is 6.79 Å². The fourth-order valence-corrected chi connectivity index (χ4v) is 2.51. The van der Waals surface area contributed by atoms with Crippen LogP contribution in [0.25, 0.3) is 0 Å². The molecule has 3 nitrogen and oxygen atoms in total. The summed E-state index contributed by atoms with van der Waals surface area (Å²) in [5.74, 6) is 0. The predicted molar refractivity (Wildman–Crippen MR) is 67.8 cm³/mol. The normalized spacial score (nSPS) is 29.2. The lowest BCUT2D eigenvalue weighted by molar-refractivity contribution is -0.113. The maximum absolute atomic E-state index is 5.82. The van der Waals surface area contributed by atoms with E-state index in [0.717, 1.165) is 19.4 Å². The Morgan fingerprint density at radius 1 is 1.35 bits per heavy atom. The Morgan fingerprint density at radius 2 is 2.12 bits per heavy atom. The molecule has 0 aliphatic carbocycles. The summed E-state index contributed by atoms with van der Waals surface area (Å²) in [5, 5.41) is 3.59. The molecule has 0 unspecified atom stereocenters. The third kappa shape index (κ3) is 2.68. The van der Waals surface area contributed by atoms with E-state index in [1.807, 2.05) is 6.07 Å². The predicted octanol–water partition coefficient (Wildman–Crippen LogP) is 2.27. The molecule has 94 valence electrons. The summed E-state index contributed by atoms with van der Waals surface area (Å²) in [7, 11) is 1.66. The van der Waals surface area contributed by atoms with Gasteiger partial charge in [0.05, 0.1) is 11.6 Å². The van der Waals surface area contributed by atoms with Crippen molar-refractivity contribution in [3.63, 3.8) is 0 Å². The second kappa shape index (κ2) is 5.63. The molecule has 0 bridgehead atoms. The topological polar surface area (TPSA) is 30.5 Å². The molecule has 1 aliphatic rings.